The predicted molar refractivity (Wildman–Crippen MR) is 72.7 cm³/mol. The molecule has 0 aromatic heterocycles. The molecule has 0 bridgehead atoms. The van der Waals surface area contributed by atoms with Crippen molar-refractivity contribution in [3.63, 3.8) is 0 Å². The van der Waals surface area contributed by atoms with Crippen LogP contribution in [0.25, 0.3) is 0 Å². The van der Waals surface area contributed by atoms with E-state index in [1.54, 1.807) is 38.1 Å². The van der Waals surface area contributed by atoms with E-state index in [0.29, 0.717) is 11.1 Å². The van der Waals surface area contributed by atoms with Gasteiger partial charge in [-0.15, -0.1) is 0 Å². The second kappa shape index (κ2) is 6.15. The molecule has 0 saturated heterocycles. The fraction of sp³-hybridized carbons (Fsp3) is 0.462. The first-order valence-electron chi connectivity index (χ1n) is 5.85. The zero-order valence-corrected chi connectivity index (χ0v) is 11.9. The Morgan fingerprint density at radius 3 is 2.68 bits per heavy atom. The molecular weight excluding hydrogens is 264 g/mol. The molecule has 0 radical (unpaired) electrons. The Hall–Kier alpha value is -1.42. The highest BCUT2D eigenvalue weighted by Crippen LogP contribution is 2.13. The summed E-state index contributed by atoms with van der Waals surface area (Å²) in [6, 6.07) is 8.46. The number of hydrogen-bond acceptors (Lipinski definition) is 4. The number of nitriles is 1. The molecule has 0 spiro atoms. The highest BCUT2D eigenvalue weighted by Gasteiger charge is 2.20. The Balaban J connectivity index is 2.72. The number of nitrogens with one attached hydrogen (secondary N) is 1. The quantitative estimate of drug-likeness (QED) is 0.814. The lowest BCUT2D eigenvalue weighted by molar-refractivity contribution is 0.163. The minimum Gasteiger partial charge on any atom is -0.396 e. The molecule has 1 aromatic carbocycles. The second-order valence-electron chi connectivity index (χ2n) is 5.21. The molecule has 0 aliphatic heterocycles. The minimum atomic E-state index is -3.47. The van der Waals surface area contributed by atoms with E-state index in [1.807, 2.05) is 6.07 Å². The summed E-state index contributed by atoms with van der Waals surface area (Å²) in [6.07, 6.45) is 0. The zero-order chi connectivity index (χ0) is 14.5. The van der Waals surface area contributed by atoms with Gasteiger partial charge in [-0.25, -0.2) is 13.1 Å². The first kappa shape index (κ1) is 15.6. The molecule has 6 heteroatoms. The average molecular weight is 282 g/mol. The molecule has 0 heterocycles. The van der Waals surface area contributed by atoms with Crippen LogP contribution < -0.4 is 4.72 Å². The topological polar surface area (TPSA) is 90.2 Å². The number of rotatable bonds is 6. The number of aliphatic hydroxyl groups excluding tert-OH is 1. The molecule has 2 N–H and O–H groups in total. The van der Waals surface area contributed by atoms with Crippen LogP contribution in [0.1, 0.15) is 25.0 Å². The highest BCUT2D eigenvalue weighted by atomic mass is 32.2. The van der Waals surface area contributed by atoms with Crippen LogP contribution in [0.3, 0.4) is 0 Å². The van der Waals surface area contributed by atoms with Crippen LogP contribution in [0.5, 0.6) is 0 Å². The van der Waals surface area contributed by atoms with Gasteiger partial charge in [0.15, 0.2) is 0 Å². The monoisotopic (exact) mass is 282 g/mol. The third-order valence-corrected chi connectivity index (χ3v) is 3.91. The fourth-order valence-electron chi connectivity index (χ4n) is 1.36. The highest BCUT2D eigenvalue weighted by molar-refractivity contribution is 7.88. The lowest BCUT2D eigenvalue weighted by Gasteiger charge is -2.21. The predicted octanol–water partition coefficient (Wildman–Crippen LogP) is 0.996. The summed E-state index contributed by atoms with van der Waals surface area (Å²) in [7, 11) is -3.47. The van der Waals surface area contributed by atoms with E-state index in [2.05, 4.69) is 4.72 Å². The Kier molecular flexibility index (Phi) is 5.06. The van der Waals surface area contributed by atoms with E-state index in [9.17, 15) is 8.42 Å². The van der Waals surface area contributed by atoms with E-state index in [4.69, 9.17) is 10.4 Å². The first-order chi connectivity index (χ1) is 8.78. The van der Waals surface area contributed by atoms with Crippen molar-refractivity contribution in [3.05, 3.63) is 35.4 Å². The Morgan fingerprint density at radius 2 is 2.11 bits per heavy atom. The number of hydrogen-bond donors (Lipinski definition) is 2. The van der Waals surface area contributed by atoms with Crippen molar-refractivity contribution < 1.29 is 13.5 Å². The molecule has 0 aliphatic carbocycles. The summed E-state index contributed by atoms with van der Waals surface area (Å²) in [5.74, 6) is -0.177. The van der Waals surface area contributed by atoms with E-state index in [0.717, 1.165) is 0 Å². The van der Waals surface area contributed by atoms with Crippen LogP contribution in [0, 0.1) is 16.7 Å². The fourth-order valence-corrected chi connectivity index (χ4v) is 2.69. The normalized spacial score (nSPS) is 12.1. The molecule has 1 rings (SSSR count). The van der Waals surface area contributed by atoms with Gasteiger partial charge in [0.2, 0.25) is 10.0 Å². The number of benzene rings is 1. The van der Waals surface area contributed by atoms with Gasteiger partial charge in [0.05, 0.1) is 17.4 Å². The molecule has 0 fully saturated rings. The minimum absolute atomic E-state index is 0.0978. The Morgan fingerprint density at radius 1 is 1.42 bits per heavy atom. The molecule has 0 amide bonds. The third-order valence-electron chi connectivity index (χ3n) is 2.61. The Labute approximate surface area is 113 Å². The number of sulfonamides is 1. The molecule has 104 valence electrons. The van der Waals surface area contributed by atoms with Gasteiger partial charge in [0, 0.05) is 18.6 Å². The van der Waals surface area contributed by atoms with Crippen molar-refractivity contribution in [1.82, 2.24) is 4.72 Å². The SMILES string of the molecule is CC(C)(CO)CNS(=O)(=O)Cc1cccc(C#N)c1. The summed E-state index contributed by atoms with van der Waals surface area (Å²) in [6.45, 7) is 3.61. The summed E-state index contributed by atoms with van der Waals surface area (Å²) >= 11 is 0. The smallest absolute Gasteiger partial charge is 0.215 e. The van der Waals surface area contributed by atoms with Gasteiger partial charge in [0.25, 0.3) is 0 Å². The van der Waals surface area contributed by atoms with E-state index in [-0.39, 0.29) is 18.9 Å². The summed E-state index contributed by atoms with van der Waals surface area (Å²) in [5.41, 5.74) is 0.499. The van der Waals surface area contributed by atoms with Crippen molar-refractivity contribution in [2.24, 2.45) is 5.41 Å². The van der Waals surface area contributed by atoms with Gasteiger partial charge in [-0.1, -0.05) is 26.0 Å². The first-order valence-corrected chi connectivity index (χ1v) is 7.50. The molecule has 0 saturated carbocycles. The summed E-state index contributed by atoms with van der Waals surface area (Å²) in [4.78, 5) is 0. The molecular formula is C13H18N2O3S. The summed E-state index contributed by atoms with van der Waals surface area (Å²) < 4.78 is 26.2. The largest absolute Gasteiger partial charge is 0.396 e. The molecule has 0 atom stereocenters. The maximum Gasteiger partial charge on any atom is 0.215 e. The van der Waals surface area contributed by atoms with E-state index in [1.165, 1.54) is 0 Å². The van der Waals surface area contributed by atoms with Crippen molar-refractivity contribution in [3.8, 4) is 6.07 Å². The van der Waals surface area contributed by atoms with Crippen LogP contribution in [0.4, 0.5) is 0 Å². The lowest BCUT2D eigenvalue weighted by Crippen LogP contribution is -2.36. The van der Waals surface area contributed by atoms with Crippen LogP contribution in [-0.2, 0) is 15.8 Å². The van der Waals surface area contributed by atoms with Crippen molar-refractivity contribution >= 4 is 10.0 Å². The third kappa shape index (κ3) is 5.39. The Bertz CT molecular complexity index is 574. The molecule has 0 unspecified atom stereocenters. The second-order valence-corrected chi connectivity index (χ2v) is 7.02. The van der Waals surface area contributed by atoms with Gasteiger partial charge in [-0.3, -0.25) is 0 Å². The van der Waals surface area contributed by atoms with E-state index < -0.39 is 15.4 Å². The molecule has 0 aliphatic rings. The molecule has 19 heavy (non-hydrogen) atoms. The van der Waals surface area contributed by atoms with E-state index >= 15 is 0 Å². The van der Waals surface area contributed by atoms with Crippen LogP contribution >= 0.6 is 0 Å². The van der Waals surface area contributed by atoms with Gasteiger partial charge >= 0.3 is 0 Å². The standard InChI is InChI=1S/C13H18N2O3S/c1-13(2,10-16)9-15-19(17,18)8-12-5-3-4-11(6-12)7-14/h3-6,15-16H,8-10H2,1-2H3. The molecule has 5 nitrogen and oxygen atoms in total. The van der Waals surface area contributed by atoms with Crippen molar-refractivity contribution in [2.45, 2.75) is 19.6 Å². The van der Waals surface area contributed by atoms with Crippen molar-refractivity contribution in [1.29, 1.82) is 5.26 Å². The van der Waals surface area contributed by atoms with Gasteiger partial charge in [-0.2, -0.15) is 5.26 Å². The van der Waals surface area contributed by atoms with Crippen LogP contribution in [0.15, 0.2) is 24.3 Å². The van der Waals surface area contributed by atoms with Gasteiger partial charge in [-0.05, 0) is 17.7 Å². The van der Waals surface area contributed by atoms with Crippen LogP contribution in [-0.4, -0.2) is 26.7 Å². The zero-order valence-electron chi connectivity index (χ0n) is 11.0. The maximum absolute atomic E-state index is 11.9. The van der Waals surface area contributed by atoms with Gasteiger partial charge < -0.3 is 5.11 Å². The lowest BCUT2D eigenvalue weighted by atomic mass is 9.96. The van der Waals surface area contributed by atoms with Crippen molar-refractivity contribution in [2.75, 3.05) is 13.2 Å². The van der Waals surface area contributed by atoms with Gasteiger partial charge in [0.1, 0.15) is 0 Å². The number of aliphatic hydroxyl groups is 1. The van der Waals surface area contributed by atoms with Crippen LogP contribution in [0.2, 0.25) is 0 Å². The maximum atomic E-state index is 11.9. The number of nitrogens with zero attached hydrogens (tertiary/aromatic N) is 1. The molecule has 1 aromatic rings. The summed E-state index contributed by atoms with van der Waals surface area (Å²) in [5, 5.41) is 17.8. The average Bonchev–Trinajstić information content (AvgIpc) is 2.36.